The molecule has 2 aliphatic rings. The summed E-state index contributed by atoms with van der Waals surface area (Å²) in [4.78, 5) is 14.3. The van der Waals surface area contributed by atoms with Gasteiger partial charge in [0.1, 0.15) is 5.52 Å². The maximum Gasteiger partial charge on any atom is 0.224 e. The molecular weight excluding hydrogens is 537 g/mol. The third-order valence-electron chi connectivity index (χ3n) is 6.20. The number of halogens is 2. The number of aromatic nitrogens is 4. The molecule has 2 heterocycles. The second-order valence-corrected chi connectivity index (χ2v) is 9.77. The van der Waals surface area contributed by atoms with E-state index >= 15 is 0 Å². The van der Waals surface area contributed by atoms with Gasteiger partial charge < -0.3 is 16.4 Å². The molecule has 32 heavy (non-hydrogen) atoms. The number of hydrogen-bond donors (Lipinski definition) is 3. The van der Waals surface area contributed by atoms with Gasteiger partial charge in [0, 0.05) is 22.2 Å². The molecule has 1 atom stereocenters. The number of fused-ring (bicyclic) bond motifs is 1. The highest BCUT2D eigenvalue weighted by molar-refractivity contribution is 14.1. The van der Waals surface area contributed by atoms with E-state index in [-0.39, 0.29) is 18.4 Å². The van der Waals surface area contributed by atoms with Crippen molar-refractivity contribution in [2.24, 2.45) is 5.73 Å². The summed E-state index contributed by atoms with van der Waals surface area (Å²) in [5.74, 6) is 1.53. The van der Waals surface area contributed by atoms with Gasteiger partial charge in [-0.2, -0.15) is 4.98 Å². The molecule has 4 N–H and O–H groups in total. The van der Waals surface area contributed by atoms with Crippen molar-refractivity contribution in [2.75, 3.05) is 10.6 Å². The topological polar surface area (TPSA) is 93.7 Å². The van der Waals surface area contributed by atoms with E-state index in [2.05, 4.69) is 79.2 Å². The molecule has 2 aromatic heterocycles. The number of rotatable bonds is 6. The van der Waals surface area contributed by atoms with Crippen LogP contribution in [-0.2, 0) is 6.54 Å². The standard InChI is InChI=1S/C23H28IN7.ClH/c24-16-5-3-4-15(12-16)13-27-23-29-20-14-26-22(28-18-10-8-17(25)9-11-18)30-21(20)31(23)19-6-1-2-7-19;/h1,3-6,12,14,17-19H,2,7-11,13,25H2,(H,27,29)(H,26,28,30);1H/t17-,18-,19?;. The van der Waals surface area contributed by atoms with Crippen LogP contribution in [0.3, 0.4) is 0 Å². The minimum atomic E-state index is 0. The molecule has 170 valence electrons. The molecule has 9 heteroatoms. The van der Waals surface area contributed by atoms with Gasteiger partial charge in [-0.15, -0.1) is 12.4 Å². The minimum Gasteiger partial charge on any atom is -0.351 e. The first kappa shape index (κ1) is 23.3. The molecule has 0 aliphatic heterocycles. The average Bonchev–Trinajstić information content (AvgIpc) is 3.41. The summed E-state index contributed by atoms with van der Waals surface area (Å²) in [7, 11) is 0. The summed E-state index contributed by atoms with van der Waals surface area (Å²) in [6, 6.07) is 9.50. The Balaban J connectivity index is 0.00000245. The molecule has 5 rings (SSSR count). The van der Waals surface area contributed by atoms with Crippen molar-refractivity contribution in [3.05, 3.63) is 51.7 Å². The van der Waals surface area contributed by atoms with Crippen molar-refractivity contribution in [3.63, 3.8) is 0 Å². The Morgan fingerprint density at radius 2 is 1.97 bits per heavy atom. The van der Waals surface area contributed by atoms with Crippen LogP contribution < -0.4 is 16.4 Å². The normalized spacial score (nSPS) is 22.6. The molecule has 1 unspecified atom stereocenters. The van der Waals surface area contributed by atoms with Gasteiger partial charge in [0.05, 0.1) is 12.2 Å². The molecule has 0 spiro atoms. The van der Waals surface area contributed by atoms with Crippen molar-refractivity contribution < 1.29 is 0 Å². The highest BCUT2D eigenvalue weighted by atomic mass is 127. The summed E-state index contributed by atoms with van der Waals surface area (Å²) in [5, 5.41) is 7.07. The molecule has 1 saturated carbocycles. The van der Waals surface area contributed by atoms with Crippen LogP contribution in [0.4, 0.5) is 11.9 Å². The van der Waals surface area contributed by atoms with Crippen molar-refractivity contribution in [3.8, 4) is 0 Å². The lowest BCUT2D eigenvalue weighted by atomic mass is 9.92. The molecule has 0 bridgehead atoms. The predicted molar refractivity (Wildman–Crippen MR) is 140 cm³/mol. The number of hydrogen-bond acceptors (Lipinski definition) is 6. The van der Waals surface area contributed by atoms with Crippen LogP contribution in [0.15, 0.2) is 42.6 Å². The van der Waals surface area contributed by atoms with Gasteiger partial charge in [-0.05, 0) is 78.8 Å². The quantitative estimate of drug-likeness (QED) is 0.287. The summed E-state index contributed by atoms with van der Waals surface area (Å²) < 4.78 is 3.46. The summed E-state index contributed by atoms with van der Waals surface area (Å²) in [5.41, 5.74) is 8.99. The molecule has 0 amide bonds. The summed E-state index contributed by atoms with van der Waals surface area (Å²) in [6.45, 7) is 0.720. The smallest absolute Gasteiger partial charge is 0.224 e. The Bertz CT molecular complexity index is 1090. The molecule has 0 saturated heterocycles. The Labute approximate surface area is 208 Å². The monoisotopic (exact) mass is 565 g/mol. The zero-order valence-electron chi connectivity index (χ0n) is 17.9. The first-order chi connectivity index (χ1) is 15.2. The third-order valence-corrected chi connectivity index (χ3v) is 6.87. The molecule has 0 radical (unpaired) electrons. The number of nitrogens with two attached hydrogens (primary N) is 1. The van der Waals surface area contributed by atoms with Crippen LogP contribution in [0.5, 0.6) is 0 Å². The highest BCUT2D eigenvalue weighted by Crippen LogP contribution is 2.31. The van der Waals surface area contributed by atoms with Crippen molar-refractivity contribution in [1.82, 2.24) is 19.5 Å². The lowest BCUT2D eigenvalue weighted by Gasteiger charge is -2.26. The van der Waals surface area contributed by atoms with Crippen LogP contribution in [-0.4, -0.2) is 31.6 Å². The molecule has 1 fully saturated rings. The summed E-state index contributed by atoms with van der Waals surface area (Å²) >= 11 is 2.35. The predicted octanol–water partition coefficient (Wildman–Crippen LogP) is 5.04. The molecule has 7 nitrogen and oxygen atoms in total. The van der Waals surface area contributed by atoms with Gasteiger partial charge in [0.15, 0.2) is 5.65 Å². The molecule has 2 aliphatic carbocycles. The summed E-state index contributed by atoms with van der Waals surface area (Å²) in [6.07, 6.45) is 12.7. The molecule has 1 aromatic carbocycles. The van der Waals surface area contributed by atoms with Gasteiger partial charge in [-0.25, -0.2) is 9.97 Å². The Morgan fingerprint density at radius 1 is 1.12 bits per heavy atom. The lowest BCUT2D eigenvalue weighted by Crippen LogP contribution is -2.33. The SMILES string of the molecule is Cl.N[C@H]1CC[C@H](Nc2ncc3nc(NCc4cccc(I)c4)n(C4C=CCC4)c3n2)CC1. The Hall–Kier alpha value is -1.91. The van der Waals surface area contributed by atoms with Crippen LogP contribution in [0.2, 0.25) is 0 Å². The number of nitrogens with one attached hydrogen (secondary N) is 2. The van der Waals surface area contributed by atoms with Crippen molar-refractivity contribution in [2.45, 2.75) is 63.2 Å². The Kier molecular flexibility index (Phi) is 7.52. The lowest BCUT2D eigenvalue weighted by molar-refractivity contribution is 0.410. The highest BCUT2D eigenvalue weighted by Gasteiger charge is 2.23. The Morgan fingerprint density at radius 3 is 2.72 bits per heavy atom. The second-order valence-electron chi connectivity index (χ2n) is 8.52. The fraction of sp³-hybridized carbons (Fsp3) is 0.435. The van der Waals surface area contributed by atoms with E-state index in [1.165, 1.54) is 9.13 Å². The average molecular weight is 566 g/mol. The van der Waals surface area contributed by atoms with Crippen molar-refractivity contribution >= 4 is 58.1 Å². The van der Waals surface area contributed by atoms with Gasteiger partial charge >= 0.3 is 0 Å². The third kappa shape index (κ3) is 5.18. The minimum absolute atomic E-state index is 0. The molecule has 3 aromatic rings. The van der Waals surface area contributed by atoms with E-state index in [1.807, 2.05) is 6.20 Å². The zero-order chi connectivity index (χ0) is 21.2. The number of nitrogens with zero attached hydrogens (tertiary/aromatic N) is 4. The maximum atomic E-state index is 6.05. The number of allylic oxidation sites excluding steroid dienone is 2. The van der Waals surface area contributed by atoms with Gasteiger partial charge in [0.2, 0.25) is 11.9 Å². The van der Waals surface area contributed by atoms with Crippen molar-refractivity contribution in [1.29, 1.82) is 0 Å². The number of imidazole rings is 1. The van der Waals surface area contributed by atoms with E-state index < -0.39 is 0 Å². The van der Waals surface area contributed by atoms with Crippen LogP contribution >= 0.6 is 35.0 Å². The van der Waals surface area contributed by atoms with E-state index in [1.54, 1.807) is 0 Å². The first-order valence-corrected chi connectivity index (χ1v) is 12.2. The van der Waals surface area contributed by atoms with E-state index in [0.29, 0.717) is 18.0 Å². The first-order valence-electron chi connectivity index (χ1n) is 11.1. The van der Waals surface area contributed by atoms with E-state index in [0.717, 1.165) is 62.2 Å². The molecular formula is C23H29ClIN7. The largest absolute Gasteiger partial charge is 0.351 e. The maximum absolute atomic E-state index is 6.05. The van der Waals surface area contributed by atoms with Crippen LogP contribution in [0.1, 0.15) is 50.1 Å². The van der Waals surface area contributed by atoms with Gasteiger partial charge in [-0.3, -0.25) is 4.57 Å². The number of benzene rings is 1. The second kappa shape index (κ2) is 10.4. The van der Waals surface area contributed by atoms with E-state index in [4.69, 9.17) is 15.7 Å². The number of anilines is 2. The van der Waals surface area contributed by atoms with Gasteiger partial charge in [0.25, 0.3) is 0 Å². The van der Waals surface area contributed by atoms with E-state index in [9.17, 15) is 0 Å². The van der Waals surface area contributed by atoms with Gasteiger partial charge in [-0.1, -0.05) is 24.3 Å². The fourth-order valence-corrected chi connectivity index (χ4v) is 5.11. The van der Waals surface area contributed by atoms with Crippen LogP contribution in [0, 0.1) is 3.57 Å². The fourth-order valence-electron chi connectivity index (χ4n) is 4.51. The zero-order valence-corrected chi connectivity index (χ0v) is 20.8. The van der Waals surface area contributed by atoms with Crippen LogP contribution in [0.25, 0.3) is 11.2 Å².